The summed E-state index contributed by atoms with van der Waals surface area (Å²) in [7, 11) is 3.32. The highest BCUT2D eigenvalue weighted by Crippen LogP contribution is 2.39. The second kappa shape index (κ2) is 8.13. The third-order valence-corrected chi connectivity index (χ3v) is 7.30. The standard InChI is InChI=1S/C22H23BrN2O2S/c1-14(16-12-18(26-2)21(23)19(13-16)27-3)25-10-8-15(9-11-25)22-24-17-6-4-5-7-20(17)28-22/h4-7,12-13,15H,1,8-11H2,2-3H3. The number of nitrogens with zero attached hydrogens (tertiary/aromatic N) is 2. The summed E-state index contributed by atoms with van der Waals surface area (Å²) in [5, 5.41) is 1.26. The molecule has 0 atom stereocenters. The fourth-order valence-electron chi connectivity index (χ4n) is 3.68. The first-order chi connectivity index (χ1) is 13.6. The number of ether oxygens (including phenoxy) is 2. The van der Waals surface area contributed by atoms with Crippen molar-refractivity contribution in [2.75, 3.05) is 27.3 Å². The highest BCUT2D eigenvalue weighted by molar-refractivity contribution is 9.10. The number of hydrogen-bond donors (Lipinski definition) is 0. The summed E-state index contributed by atoms with van der Waals surface area (Å²) in [6.07, 6.45) is 2.17. The minimum atomic E-state index is 0.524. The quantitative estimate of drug-likeness (QED) is 0.474. The van der Waals surface area contributed by atoms with E-state index in [1.54, 1.807) is 14.2 Å². The SMILES string of the molecule is C=C(c1cc(OC)c(Br)c(OC)c1)N1CCC(c2nc3ccccc3s2)CC1. The van der Waals surface area contributed by atoms with E-state index in [2.05, 4.69) is 51.7 Å². The lowest BCUT2D eigenvalue weighted by atomic mass is 9.96. The third-order valence-electron chi connectivity index (χ3n) is 5.32. The topological polar surface area (TPSA) is 34.6 Å². The van der Waals surface area contributed by atoms with Crippen molar-refractivity contribution in [3.63, 3.8) is 0 Å². The summed E-state index contributed by atoms with van der Waals surface area (Å²) < 4.78 is 13.1. The lowest BCUT2D eigenvalue weighted by molar-refractivity contribution is 0.299. The molecular weight excluding hydrogens is 436 g/mol. The fourth-order valence-corrected chi connectivity index (χ4v) is 5.37. The van der Waals surface area contributed by atoms with Gasteiger partial charge in [0.2, 0.25) is 0 Å². The maximum Gasteiger partial charge on any atom is 0.137 e. The molecule has 4 nitrogen and oxygen atoms in total. The zero-order valence-electron chi connectivity index (χ0n) is 16.1. The van der Waals surface area contributed by atoms with Gasteiger partial charge in [-0.25, -0.2) is 4.98 Å². The van der Waals surface area contributed by atoms with E-state index < -0.39 is 0 Å². The summed E-state index contributed by atoms with van der Waals surface area (Å²) in [6, 6.07) is 12.4. The molecule has 28 heavy (non-hydrogen) atoms. The Morgan fingerprint density at radius 1 is 1.14 bits per heavy atom. The largest absolute Gasteiger partial charge is 0.495 e. The average molecular weight is 459 g/mol. The van der Waals surface area contributed by atoms with Crippen LogP contribution in [0, 0.1) is 0 Å². The number of thiazole rings is 1. The molecule has 1 aliphatic rings. The van der Waals surface area contributed by atoms with Crippen molar-refractivity contribution in [1.82, 2.24) is 9.88 Å². The average Bonchev–Trinajstić information content (AvgIpc) is 3.18. The number of piperidine rings is 1. The van der Waals surface area contributed by atoms with Gasteiger partial charge < -0.3 is 14.4 Å². The van der Waals surface area contributed by atoms with Crippen LogP contribution in [-0.2, 0) is 0 Å². The lowest BCUT2D eigenvalue weighted by Gasteiger charge is -2.34. The molecule has 0 bridgehead atoms. The molecule has 6 heteroatoms. The van der Waals surface area contributed by atoms with Gasteiger partial charge in [-0.3, -0.25) is 0 Å². The number of halogens is 1. The number of aromatic nitrogens is 1. The molecule has 146 valence electrons. The van der Waals surface area contributed by atoms with E-state index >= 15 is 0 Å². The van der Waals surface area contributed by atoms with Crippen LogP contribution in [-0.4, -0.2) is 37.2 Å². The number of benzene rings is 2. The van der Waals surface area contributed by atoms with Crippen LogP contribution in [0.25, 0.3) is 15.9 Å². The summed E-state index contributed by atoms with van der Waals surface area (Å²) in [5.41, 5.74) is 3.14. The molecule has 1 saturated heterocycles. The number of para-hydroxylation sites is 1. The van der Waals surface area contributed by atoms with Gasteiger partial charge in [0.25, 0.3) is 0 Å². The normalized spacial score (nSPS) is 15.0. The minimum absolute atomic E-state index is 0.524. The maximum atomic E-state index is 5.48. The fraction of sp³-hybridized carbons (Fsp3) is 0.318. The van der Waals surface area contributed by atoms with Crippen molar-refractivity contribution >= 4 is 43.2 Å². The van der Waals surface area contributed by atoms with Crippen LogP contribution < -0.4 is 9.47 Å². The molecule has 1 fully saturated rings. The molecule has 0 unspecified atom stereocenters. The van der Waals surface area contributed by atoms with E-state index in [1.165, 1.54) is 9.71 Å². The molecule has 2 aromatic carbocycles. The molecular formula is C22H23BrN2O2S. The Hall–Kier alpha value is -2.05. The van der Waals surface area contributed by atoms with Gasteiger partial charge in [0.05, 0.1) is 29.4 Å². The van der Waals surface area contributed by atoms with Gasteiger partial charge in [-0.1, -0.05) is 18.7 Å². The van der Waals surface area contributed by atoms with E-state index in [1.807, 2.05) is 23.5 Å². The smallest absolute Gasteiger partial charge is 0.137 e. The van der Waals surface area contributed by atoms with Crippen LogP contribution in [0.3, 0.4) is 0 Å². The Bertz CT molecular complexity index is 951. The monoisotopic (exact) mass is 458 g/mol. The van der Waals surface area contributed by atoms with Crippen LogP contribution in [0.2, 0.25) is 0 Å². The second-order valence-electron chi connectivity index (χ2n) is 6.92. The van der Waals surface area contributed by atoms with Crippen LogP contribution in [0.5, 0.6) is 11.5 Å². The Morgan fingerprint density at radius 3 is 2.39 bits per heavy atom. The van der Waals surface area contributed by atoms with E-state index in [9.17, 15) is 0 Å². The molecule has 0 aliphatic carbocycles. The summed E-state index contributed by atoms with van der Waals surface area (Å²) in [4.78, 5) is 7.21. The second-order valence-corrected chi connectivity index (χ2v) is 8.78. The van der Waals surface area contributed by atoms with E-state index in [0.29, 0.717) is 5.92 Å². The van der Waals surface area contributed by atoms with Crippen molar-refractivity contribution in [2.24, 2.45) is 0 Å². The number of hydrogen-bond acceptors (Lipinski definition) is 5. The molecule has 3 aromatic rings. The van der Waals surface area contributed by atoms with Gasteiger partial charge in [-0.2, -0.15) is 0 Å². The van der Waals surface area contributed by atoms with Gasteiger partial charge in [-0.15, -0.1) is 11.3 Å². The molecule has 1 aromatic heterocycles. The van der Waals surface area contributed by atoms with Crippen molar-refractivity contribution in [2.45, 2.75) is 18.8 Å². The predicted octanol–water partition coefficient (Wildman–Crippen LogP) is 5.93. The number of rotatable bonds is 5. The first-order valence-electron chi connectivity index (χ1n) is 9.32. The highest BCUT2D eigenvalue weighted by atomic mass is 79.9. The highest BCUT2D eigenvalue weighted by Gasteiger charge is 2.25. The molecule has 1 aliphatic heterocycles. The zero-order valence-corrected chi connectivity index (χ0v) is 18.5. The van der Waals surface area contributed by atoms with Crippen LogP contribution in [0.15, 0.2) is 47.4 Å². The van der Waals surface area contributed by atoms with E-state index in [4.69, 9.17) is 14.5 Å². The Morgan fingerprint density at radius 2 is 1.79 bits per heavy atom. The number of likely N-dealkylation sites (tertiary alicyclic amines) is 1. The van der Waals surface area contributed by atoms with Crippen molar-refractivity contribution < 1.29 is 9.47 Å². The van der Waals surface area contributed by atoms with E-state index in [-0.39, 0.29) is 0 Å². The molecule has 0 saturated carbocycles. The summed E-state index contributed by atoms with van der Waals surface area (Å²) in [5.74, 6) is 2.02. The van der Waals surface area contributed by atoms with Crippen LogP contribution >= 0.6 is 27.3 Å². The Labute approximate surface area is 177 Å². The van der Waals surface area contributed by atoms with Crippen molar-refractivity contribution in [1.29, 1.82) is 0 Å². The van der Waals surface area contributed by atoms with Gasteiger partial charge in [-0.05, 0) is 53.0 Å². The Balaban J connectivity index is 1.48. The van der Waals surface area contributed by atoms with Crippen LogP contribution in [0.1, 0.15) is 29.3 Å². The van der Waals surface area contributed by atoms with Gasteiger partial charge in [0.1, 0.15) is 16.0 Å². The van der Waals surface area contributed by atoms with Gasteiger partial charge in [0, 0.05) is 30.3 Å². The predicted molar refractivity (Wildman–Crippen MR) is 119 cm³/mol. The summed E-state index contributed by atoms with van der Waals surface area (Å²) >= 11 is 5.36. The minimum Gasteiger partial charge on any atom is -0.495 e. The first-order valence-corrected chi connectivity index (χ1v) is 10.9. The molecule has 2 heterocycles. The van der Waals surface area contributed by atoms with Crippen LogP contribution in [0.4, 0.5) is 0 Å². The van der Waals surface area contributed by atoms with Gasteiger partial charge in [0.15, 0.2) is 0 Å². The van der Waals surface area contributed by atoms with Crippen molar-refractivity contribution in [3.05, 3.63) is 58.0 Å². The molecule has 0 N–H and O–H groups in total. The molecule has 0 radical (unpaired) electrons. The third kappa shape index (κ3) is 3.63. The van der Waals surface area contributed by atoms with E-state index in [0.717, 1.165) is 58.7 Å². The number of fused-ring (bicyclic) bond motifs is 1. The molecule has 4 rings (SSSR count). The summed E-state index contributed by atoms with van der Waals surface area (Å²) in [6.45, 7) is 6.29. The Kier molecular flexibility index (Phi) is 5.60. The molecule has 0 spiro atoms. The number of methoxy groups -OCH3 is 2. The zero-order chi connectivity index (χ0) is 19.7. The maximum absolute atomic E-state index is 5.48. The van der Waals surface area contributed by atoms with Crippen molar-refractivity contribution in [3.8, 4) is 11.5 Å². The van der Waals surface area contributed by atoms with Gasteiger partial charge >= 0.3 is 0 Å². The molecule has 0 amide bonds. The lowest BCUT2D eigenvalue weighted by Crippen LogP contribution is -2.31. The first kappa shape index (κ1) is 19.3.